The highest BCUT2D eigenvalue weighted by Gasteiger charge is 2.14. The van der Waals surface area contributed by atoms with Crippen molar-refractivity contribution in [1.29, 1.82) is 0 Å². The van der Waals surface area contributed by atoms with Gasteiger partial charge in [0.2, 0.25) is 0 Å². The van der Waals surface area contributed by atoms with Crippen molar-refractivity contribution >= 4 is 11.8 Å². The highest BCUT2D eigenvalue weighted by atomic mass is 32.2. The molecule has 19 heavy (non-hydrogen) atoms. The molecule has 0 amide bonds. The highest BCUT2D eigenvalue weighted by molar-refractivity contribution is 7.98. The molecular formula is C15H28N2OS. The van der Waals surface area contributed by atoms with Gasteiger partial charge in [-0.1, -0.05) is 13.8 Å². The van der Waals surface area contributed by atoms with E-state index in [0.717, 1.165) is 25.4 Å². The predicted octanol–water partition coefficient (Wildman–Crippen LogP) is 3.35. The lowest BCUT2D eigenvalue weighted by atomic mass is 10.2. The average Bonchev–Trinajstić information content (AvgIpc) is 2.83. The van der Waals surface area contributed by atoms with Crippen LogP contribution in [0, 0.1) is 0 Å². The number of thioether (sulfide) groups is 1. The summed E-state index contributed by atoms with van der Waals surface area (Å²) < 4.78 is 5.65. The van der Waals surface area contributed by atoms with Gasteiger partial charge in [0.05, 0.1) is 12.8 Å². The van der Waals surface area contributed by atoms with E-state index in [9.17, 15) is 0 Å². The first-order valence-corrected chi connectivity index (χ1v) is 8.56. The van der Waals surface area contributed by atoms with E-state index >= 15 is 0 Å². The average molecular weight is 284 g/mol. The molecule has 0 spiro atoms. The van der Waals surface area contributed by atoms with Crippen LogP contribution in [0.2, 0.25) is 0 Å². The summed E-state index contributed by atoms with van der Waals surface area (Å²) in [5.74, 6) is 2.24. The van der Waals surface area contributed by atoms with Gasteiger partial charge >= 0.3 is 0 Å². The number of hydrogen-bond donors (Lipinski definition) is 1. The Labute approximate surface area is 122 Å². The molecule has 110 valence electrons. The van der Waals surface area contributed by atoms with Crippen LogP contribution in [0.5, 0.6) is 0 Å². The van der Waals surface area contributed by atoms with Crippen molar-refractivity contribution in [3.8, 4) is 0 Å². The molecule has 0 aliphatic heterocycles. The van der Waals surface area contributed by atoms with Gasteiger partial charge in [0.1, 0.15) is 5.76 Å². The van der Waals surface area contributed by atoms with Crippen LogP contribution in [0.4, 0.5) is 0 Å². The minimum atomic E-state index is 0.627. The topological polar surface area (TPSA) is 28.4 Å². The van der Waals surface area contributed by atoms with Gasteiger partial charge in [0.25, 0.3) is 0 Å². The van der Waals surface area contributed by atoms with Crippen molar-refractivity contribution in [3.05, 3.63) is 23.7 Å². The fourth-order valence-corrected chi connectivity index (χ4v) is 3.01. The molecule has 0 saturated carbocycles. The maximum absolute atomic E-state index is 5.65. The normalized spacial score (nSPS) is 13.1. The second kappa shape index (κ2) is 9.45. The zero-order chi connectivity index (χ0) is 14.1. The molecule has 1 aromatic heterocycles. The van der Waals surface area contributed by atoms with Crippen molar-refractivity contribution in [2.45, 2.75) is 45.8 Å². The number of nitrogens with one attached hydrogen (secondary N) is 1. The maximum Gasteiger partial charge on any atom is 0.118 e. The third-order valence-electron chi connectivity index (χ3n) is 3.32. The molecule has 1 atom stereocenters. The Morgan fingerprint density at radius 2 is 2.21 bits per heavy atom. The molecular weight excluding hydrogens is 256 g/mol. The van der Waals surface area contributed by atoms with Gasteiger partial charge in [-0.25, -0.2) is 0 Å². The zero-order valence-corrected chi connectivity index (χ0v) is 13.6. The summed E-state index contributed by atoms with van der Waals surface area (Å²) in [4.78, 5) is 2.39. The second-order valence-electron chi connectivity index (χ2n) is 5.03. The monoisotopic (exact) mass is 284 g/mol. The Morgan fingerprint density at radius 1 is 1.42 bits per heavy atom. The second-order valence-corrected chi connectivity index (χ2v) is 5.94. The standard InChI is InChI=1S/C15H28N2OS/c1-5-7-16-9-13-8-15(18-11-13)10-17(3)14(6-2)12-19-4/h8,11,14,16H,5-7,9-10,12H2,1-4H3. The molecule has 1 N–H and O–H groups in total. The van der Waals surface area contributed by atoms with E-state index in [-0.39, 0.29) is 0 Å². The summed E-state index contributed by atoms with van der Waals surface area (Å²) in [5, 5.41) is 3.40. The highest BCUT2D eigenvalue weighted by Crippen LogP contribution is 2.14. The van der Waals surface area contributed by atoms with Gasteiger partial charge in [0.15, 0.2) is 0 Å². The number of furan rings is 1. The van der Waals surface area contributed by atoms with E-state index in [2.05, 4.69) is 43.4 Å². The minimum Gasteiger partial charge on any atom is -0.468 e. The van der Waals surface area contributed by atoms with Gasteiger partial charge in [-0.05, 0) is 38.8 Å². The molecule has 0 bridgehead atoms. The first-order valence-electron chi connectivity index (χ1n) is 7.17. The molecule has 0 fully saturated rings. The summed E-state index contributed by atoms with van der Waals surface area (Å²) in [5.41, 5.74) is 1.25. The van der Waals surface area contributed by atoms with Crippen LogP contribution < -0.4 is 5.32 Å². The van der Waals surface area contributed by atoms with Crippen molar-refractivity contribution in [2.75, 3.05) is 25.6 Å². The van der Waals surface area contributed by atoms with E-state index in [0.29, 0.717) is 6.04 Å². The maximum atomic E-state index is 5.65. The van der Waals surface area contributed by atoms with Gasteiger partial charge in [-0.3, -0.25) is 4.90 Å². The molecule has 4 heteroatoms. The van der Waals surface area contributed by atoms with Gasteiger partial charge in [0, 0.05) is 23.9 Å². The molecule has 1 aromatic rings. The van der Waals surface area contributed by atoms with Crippen LogP contribution in [0.3, 0.4) is 0 Å². The lowest BCUT2D eigenvalue weighted by molar-refractivity contribution is 0.228. The minimum absolute atomic E-state index is 0.627. The molecule has 3 nitrogen and oxygen atoms in total. The van der Waals surface area contributed by atoms with Crippen molar-refractivity contribution in [2.24, 2.45) is 0 Å². The van der Waals surface area contributed by atoms with E-state index in [1.54, 1.807) is 0 Å². The van der Waals surface area contributed by atoms with Crippen LogP contribution in [0.15, 0.2) is 16.7 Å². The van der Waals surface area contributed by atoms with E-state index < -0.39 is 0 Å². The largest absolute Gasteiger partial charge is 0.468 e. The Balaban J connectivity index is 2.43. The van der Waals surface area contributed by atoms with Gasteiger partial charge < -0.3 is 9.73 Å². The lowest BCUT2D eigenvalue weighted by Gasteiger charge is -2.25. The first-order chi connectivity index (χ1) is 9.21. The van der Waals surface area contributed by atoms with Crippen LogP contribution >= 0.6 is 11.8 Å². The third kappa shape index (κ3) is 6.02. The van der Waals surface area contributed by atoms with Crippen molar-refractivity contribution in [1.82, 2.24) is 10.2 Å². The molecule has 0 radical (unpaired) electrons. The Bertz CT molecular complexity index is 341. The SMILES string of the molecule is CCCNCc1coc(CN(C)C(CC)CSC)c1. The smallest absolute Gasteiger partial charge is 0.118 e. The summed E-state index contributed by atoms with van der Waals surface area (Å²) >= 11 is 1.91. The zero-order valence-electron chi connectivity index (χ0n) is 12.7. The van der Waals surface area contributed by atoms with Crippen LogP contribution in [-0.4, -0.2) is 36.5 Å². The fraction of sp³-hybridized carbons (Fsp3) is 0.733. The summed E-state index contributed by atoms with van der Waals surface area (Å²) in [6, 6.07) is 2.80. The lowest BCUT2D eigenvalue weighted by Crippen LogP contribution is -2.32. The van der Waals surface area contributed by atoms with Gasteiger partial charge in [-0.15, -0.1) is 0 Å². The molecule has 0 aliphatic rings. The molecule has 1 rings (SSSR count). The summed E-state index contributed by atoms with van der Waals surface area (Å²) in [6.45, 7) is 7.29. The van der Waals surface area contributed by atoms with Crippen LogP contribution in [-0.2, 0) is 13.1 Å². The summed E-state index contributed by atoms with van der Waals surface area (Å²) in [6.07, 6.45) is 6.39. The molecule has 1 heterocycles. The number of nitrogens with zero attached hydrogens (tertiary/aromatic N) is 1. The summed E-state index contributed by atoms with van der Waals surface area (Å²) in [7, 11) is 2.18. The third-order valence-corrected chi connectivity index (χ3v) is 4.04. The molecule has 0 aromatic carbocycles. The van der Waals surface area contributed by atoms with Crippen molar-refractivity contribution in [3.63, 3.8) is 0 Å². The molecule has 0 saturated heterocycles. The number of hydrogen-bond acceptors (Lipinski definition) is 4. The Hall–Kier alpha value is -0.450. The van der Waals surface area contributed by atoms with Crippen LogP contribution in [0.1, 0.15) is 38.0 Å². The molecule has 0 aliphatic carbocycles. The first kappa shape index (κ1) is 16.6. The van der Waals surface area contributed by atoms with Gasteiger partial charge in [-0.2, -0.15) is 11.8 Å². The van der Waals surface area contributed by atoms with Crippen molar-refractivity contribution < 1.29 is 4.42 Å². The van der Waals surface area contributed by atoms with E-state index in [4.69, 9.17) is 4.42 Å². The fourth-order valence-electron chi connectivity index (χ4n) is 2.14. The Morgan fingerprint density at radius 3 is 2.84 bits per heavy atom. The van der Waals surface area contributed by atoms with E-state index in [1.807, 2.05) is 18.0 Å². The molecule has 1 unspecified atom stereocenters. The Kier molecular flexibility index (Phi) is 8.26. The predicted molar refractivity (Wildman–Crippen MR) is 84.6 cm³/mol. The number of rotatable bonds is 10. The quantitative estimate of drug-likeness (QED) is 0.667. The van der Waals surface area contributed by atoms with E-state index in [1.165, 1.54) is 24.2 Å². The van der Waals surface area contributed by atoms with Crippen LogP contribution in [0.25, 0.3) is 0 Å².